The highest BCUT2D eigenvalue weighted by Crippen LogP contribution is 2.11. The molecule has 0 aromatic rings. The van der Waals surface area contributed by atoms with Crippen molar-refractivity contribution in [3.05, 3.63) is 0 Å². The Bertz CT molecular complexity index is 292. The number of aliphatic hydroxyl groups is 1. The minimum atomic E-state index is -2.81. The molecule has 1 rings (SSSR count). The second-order valence-corrected chi connectivity index (χ2v) is 7.21. The molecule has 1 fully saturated rings. The van der Waals surface area contributed by atoms with Gasteiger partial charge in [0.25, 0.3) is 0 Å². The van der Waals surface area contributed by atoms with Crippen LogP contribution in [0.4, 0.5) is 0 Å². The molecule has 1 heterocycles. The summed E-state index contributed by atoms with van der Waals surface area (Å²) >= 11 is 0. The van der Waals surface area contributed by atoms with Crippen molar-refractivity contribution < 1.29 is 13.5 Å². The van der Waals surface area contributed by atoms with Crippen LogP contribution in [0.3, 0.4) is 0 Å². The van der Waals surface area contributed by atoms with Gasteiger partial charge in [0.15, 0.2) is 9.84 Å². The lowest BCUT2D eigenvalue weighted by Crippen LogP contribution is -2.33. The molecular weight excluding hydrogens is 214 g/mol. The van der Waals surface area contributed by atoms with E-state index in [1.807, 2.05) is 0 Å². The largest absolute Gasteiger partial charge is 0.390 e. The highest BCUT2D eigenvalue weighted by molar-refractivity contribution is 7.91. The first kappa shape index (κ1) is 12.9. The maximum atomic E-state index is 11.3. The Balaban J connectivity index is 2.39. The predicted octanol–water partition coefficient (Wildman–Crippen LogP) is 0.268. The number of hydrogen-bond donors (Lipinski definition) is 1. The first-order chi connectivity index (χ1) is 6.79. The second kappa shape index (κ2) is 4.80. The summed E-state index contributed by atoms with van der Waals surface area (Å²) in [7, 11) is -2.81. The maximum Gasteiger partial charge on any atom is 0.151 e. The van der Waals surface area contributed by atoms with Gasteiger partial charge in [-0.3, -0.25) is 0 Å². The summed E-state index contributed by atoms with van der Waals surface area (Å²) in [5.41, 5.74) is -0.662. The van der Waals surface area contributed by atoms with Gasteiger partial charge in [-0.15, -0.1) is 0 Å². The van der Waals surface area contributed by atoms with E-state index < -0.39 is 15.4 Å². The summed E-state index contributed by atoms with van der Waals surface area (Å²) in [6, 6.07) is 0. The normalized spacial score (nSPS) is 23.7. The van der Waals surface area contributed by atoms with Crippen LogP contribution in [-0.4, -0.2) is 55.2 Å². The van der Waals surface area contributed by atoms with Crippen molar-refractivity contribution in [1.82, 2.24) is 4.90 Å². The van der Waals surface area contributed by atoms with Gasteiger partial charge in [0.2, 0.25) is 0 Å². The summed E-state index contributed by atoms with van der Waals surface area (Å²) in [5.74, 6) is 0.574. The second-order valence-electron chi connectivity index (χ2n) is 4.91. The summed E-state index contributed by atoms with van der Waals surface area (Å²) in [5, 5.41) is 9.58. The van der Waals surface area contributed by atoms with Crippen molar-refractivity contribution in [2.45, 2.75) is 32.3 Å². The molecule has 0 aromatic carbocycles. The third-order valence-electron chi connectivity index (χ3n) is 2.69. The Labute approximate surface area is 92.2 Å². The summed E-state index contributed by atoms with van der Waals surface area (Å²) in [6.45, 7) is 5.77. The molecule has 0 unspecified atom stereocenters. The van der Waals surface area contributed by atoms with E-state index in [1.165, 1.54) is 0 Å². The highest BCUT2D eigenvalue weighted by Gasteiger charge is 2.20. The fourth-order valence-electron chi connectivity index (χ4n) is 1.65. The van der Waals surface area contributed by atoms with Crippen molar-refractivity contribution in [1.29, 1.82) is 0 Å². The van der Waals surface area contributed by atoms with Gasteiger partial charge in [-0.1, -0.05) is 0 Å². The molecule has 90 valence electrons. The molecule has 5 heteroatoms. The van der Waals surface area contributed by atoms with Gasteiger partial charge in [-0.25, -0.2) is 8.42 Å². The third-order valence-corrected chi connectivity index (χ3v) is 4.40. The first-order valence-corrected chi connectivity index (χ1v) is 7.26. The number of nitrogens with zero attached hydrogens (tertiary/aromatic N) is 1. The van der Waals surface area contributed by atoms with Gasteiger partial charge in [0, 0.05) is 13.1 Å². The summed E-state index contributed by atoms with van der Waals surface area (Å²) in [4.78, 5) is 2.13. The van der Waals surface area contributed by atoms with Gasteiger partial charge >= 0.3 is 0 Å². The van der Waals surface area contributed by atoms with Crippen LogP contribution in [0.1, 0.15) is 26.7 Å². The van der Waals surface area contributed by atoms with E-state index >= 15 is 0 Å². The van der Waals surface area contributed by atoms with E-state index in [0.717, 1.165) is 13.1 Å². The number of sulfone groups is 1. The van der Waals surface area contributed by atoms with Gasteiger partial charge in [-0.2, -0.15) is 0 Å². The van der Waals surface area contributed by atoms with Crippen LogP contribution in [0.5, 0.6) is 0 Å². The molecule has 15 heavy (non-hydrogen) atoms. The van der Waals surface area contributed by atoms with Crippen molar-refractivity contribution in [3.63, 3.8) is 0 Å². The first-order valence-electron chi connectivity index (χ1n) is 5.44. The van der Waals surface area contributed by atoms with Crippen molar-refractivity contribution in [2.75, 3.05) is 31.1 Å². The summed E-state index contributed by atoms with van der Waals surface area (Å²) in [6.07, 6.45) is 1.40. The Kier molecular flexibility index (Phi) is 4.14. The molecule has 0 aromatic heterocycles. The molecule has 0 saturated carbocycles. The van der Waals surface area contributed by atoms with Crippen LogP contribution in [-0.2, 0) is 9.84 Å². The molecule has 0 atom stereocenters. The monoisotopic (exact) mass is 235 g/mol. The Morgan fingerprint density at radius 1 is 1.27 bits per heavy atom. The topological polar surface area (TPSA) is 57.6 Å². The van der Waals surface area contributed by atoms with Crippen molar-refractivity contribution in [2.24, 2.45) is 0 Å². The highest BCUT2D eigenvalue weighted by atomic mass is 32.2. The van der Waals surface area contributed by atoms with Gasteiger partial charge < -0.3 is 10.0 Å². The smallest absolute Gasteiger partial charge is 0.151 e. The molecule has 1 saturated heterocycles. The molecule has 1 aliphatic rings. The van der Waals surface area contributed by atoms with E-state index in [-0.39, 0.29) is 5.75 Å². The molecule has 4 nitrogen and oxygen atoms in total. The quantitative estimate of drug-likeness (QED) is 0.763. The lowest BCUT2D eigenvalue weighted by Gasteiger charge is -2.24. The van der Waals surface area contributed by atoms with E-state index in [1.54, 1.807) is 13.8 Å². The molecule has 0 aliphatic carbocycles. The van der Waals surface area contributed by atoms with E-state index in [9.17, 15) is 13.5 Å². The molecule has 0 amide bonds. The predicted molar refractivity (Wildman–Crippen MR) is 60.6 cm³/mol. The molecule has 1 aliphatic heterocycles. The molecule has 1 N–H and O–H groups in total. The fraction of sp³-hybridized carbons (Fsp3) is 1.00. The summed E-state index contributed by atoms with van der Waals surface area (Å²) < 4.78 is 22.7. The zero-order valence-corrected chi connectivity index (χ0v) is 10.4. The molecule has 0 spiro atoms. The average molecular weight is 235 g/mol. The SMILES string of the molecule is CC(C)(O)CCN1CCCS(=O)(=O)CC1. The number of hydrogen-bond acceptors (Lipinski definition) is 4. The van der Waals surface area contributed by atoms with Crippen molar-refractivity contribution in [3.8, 4) is 0 Å². The van der Waals surface area contributed by atoms with Crippen LogP contribution < -0.4 is 0 Å². The van der Waals surface area contributed by atoms with Crippen LogP contribution in [0.15, 0.2) is 0 Å². The Morgan fingerprint density at radius 3 is 2.53 bits per heavy atom. The molecule has 0 radical (unpaired) electrons. The molecular formula is C10H21NO3S. The van der Waals surface area contributed by atoms with Crippen LogP contribution >= 0.6 is 0 Å². The van der Waals surface area contributed by atoms with Gasteiger partial charge in [-0.05, 0) is 33.2 Å². The average Bonchev–Trinajstić information content (AvgIpc) is 2.22. The van der Waals surface area contributed by atoms with Gasteiger partial charge in [0.1, 0.15) is 0 Å². The minimum Gasteiger partial charge on any atom is -0.390 e. The van der Waals surface area contributed by atoms with Crippen molar-refractivity contribution >= 4 is 9.84 Å². The van der Waals surface area contributed by atoms with Crippen LogP contribution in [0.25, 0.3) is 0 Å². The van der Waals surface area contributed by atoms with Crippen LogP contribution in [0, 0.1) is 0 Å². The van der Waals surface area contributed by atoms with E-state index in [0.29, 0.717) is 25.1 Å². The van der Waals surface area contributed by atoms with Crippen LogP contribution in [0.2, 0.25) is 0 Å². The van der Waals surface area contributed by atoms with E-state index in [2.05, 4.69) is 4.90 Å². The third kappa shape index (κ3) is 5.49. The standard InChI is InChI=1S/C10H21NO3S/c1-10(2,12)4-6-11-5-3-8-15(13,14)9-7-11/h12H,3-9H2,1-2H3. The van der Waals surface area contributed by atoms with E-state index in [4.69, 9.17) is 0 Å². The minimum absolute atomic E-state index is 0.263. The zero-order valence-electron chi connectivity index (χ0n) is 9.57. The number of rotatable bonds is 3. The van der Waals surface area contributed by atoms with Gasteiger partial charge in [0.05, 0.1) is 17.1 Å². The maximum absolute atomic E-state index is 11.3. The lowest BCUT2D eigenvalue weighted by molar-refractivity contribution is 0.0586. The zero-order chi connectivity index (χ0) is 11.5. The lowest BCUT2D eigenvalue weighted by atomic mass is 10.1. The fourth-order valence-corrected chi connectivity index (χ4v) is 2.95. The Morgan fingerprint density at radius 2 is 1.93 bits per heavy atom. The Hall–Kier alpha value is -0.130. The molecule has 0 bridgehead atoms.